The number of hydrogen-bond acceptors (Lipinski definition) is 6. The van der Waals surface area contributed by atoms with Crippen molar-refractivity contribution in [3.8, 4) is 5.75 Å². The monoisotopic (exact) mass is 371 g/mol. The molecule has 0 radical (unpaired) electrons. The maximum atomic E-state index is 12.6. The van der Waals surface area contributed by atoms with E-state index in [4.69, 9.17) is 13.9 Å². The van der Waals surface area contributed by atoms with Gasteiger partial charge in [-0.1, -0.05) is 18.2 Å². The van der Waals surface area contributed by atoms with Gasteiger partial charge in [0.2, 0.25) is 6.10 Å². The number of carbonyl (C=O) groups is 2. The van der Waals surface area contributed by atoms with E-state index >= 15 is 0 Å². The Balaban J connectivity index is 1.77. The number of thiophene rings is 1. The number of carbonyl (C=O) groups excluding carboxylic acids is 2. The fraction of sp³-hybridized carbons (Fsp3) is 0.158. The highest BCUT2D eigenvalue weighted by Crippen LogP contribution is 2.23. The number of nitrogens with one attached hydrogen (secondary N) is 1. The van der Waals surface area contributed by atoms with E-state index in [1.165, 1.54) is 17.6 Å². The van der Waals surface area contributed by atoms with E-state index in [2.05, 4.69) is 5.32 Å². The van der Waals surface area contributed by atoms with Gasteiger partial charge < -0.3 is 19.2 Å². The van der Waals surface area contributed by atoms with Crippen LogP contribution in [0.5, 0.6) is 5.75 Å². The minimum atomic E-state index is -1.08. The molecule has 6 nitrogen and oxygen atoms in total. The Morgan fingerprint density at radius 1 is 1.15 bits per heavy atom. The number of hydrogen-bond donors (Lipinski definition) is 1. The molecule has 2 aromatic heterocycles. The molecule has 0 saturated carbocycles. The first kappa shape index (κ1) is 17.8. The normalized spacial score (nSPS) is 11.6. The lowest BCUT2D eigenvalue weighted by molar-refractivity contribution is -0.130. The molecule has 7 heteroatoms. The van der Waals surface area contributed by atoms with E-state index in [0.29, 0.717) is 22.0 Å². The predicted octanol–water partition coefficient (Wildman–Crippen LogP) is 3.56. The quantitative estimate of drug-likeness (QED) is 0.643. The predicted molar refractivity (Wildman–Crippen MR) is 96.0 cm³/mol. The molecule has 1 unspecified atom stereocenters. The fourth-order valence-corrected chi connectivity index (χ4v) is 2.90. The van der Waals surface area contributed by atoms with E-state index < -0.39 is 18.0 Å². The summed E-state index contributed by atoms with van der Waals surface area (Å²) in [6.45, 7) is 0.203. The van der Waals surface area contributed by atoms with Crippen LogP contribution in [0.15, 0.2) is 64.6 Å². The lowest BCUT2D eigenvalue weighted by Gasteiger charge is -2.17. The van der Waals surface area contributed by atoms with E-state index in [0.717, 1.165) is 0 Å². The standard InChI is InChI=1S/C19H17NO5S/c1-23-14-8-6-13(7-9-14)17(25-19(22)16-5-3-11-26-16)18(21)20-12-15-4-2-10-24-15/h2-11,17H,12H2,1H3,(H,20,21). The Morgan fingerprint density at radius 3 is 2.58 bits per heavy atom. The van der Waals surface area contributed by atoms with Crippen LogP contribution in [-0.2, 0) is 16.1 Å². The number of benzene rings is 1. The van der Waals surface area contributed by atoms with Gasteiger partial charge in [-0.15, -0.1) is 11.3 Å². The number of amides is 1. The van der Waals surface area contributed by atoms with Crippen LogP contribution in [0.25, 0.3) is 0 Å². The molecule has 2 heterocycles. The first-order valence-electron chi connectivity index (χ1n) is 7.86. The topological polar surface area (TPSA) is 77.8 Å². The maximum absolute atomic E-state index is 12.6. The molecular formula is C19H17NO5S. The van der Waals surface area contributed by atoms with Crippen molar-refractivity contribution in [2.75, 3.05) is 7.11 Å². The van der Waals surface area contributed by atoms with E-state index in [9.17, 15) is 9.59 Å². The SMILES string of the molecule is COc1ccc(C(OC(=O)c2cccs2)C(=O)NCc2ccco2)cc1. The Morgan fingerprint density at radius 2 is 1.96 bits per heavy atom. The third-order valence-electron chi connectivity index (χ3n) is 3.62. The van der Waals surface area contributed by atoms with Crippen molar-refractivity contribution in [2.24, 2.45) is 0 Å². The smallest absolute Gasteiger partial charge is 0.349 e. The van der Waals surface area contributed by atoms with Crippen LogP contribution in [0, 0.1) is 0 Å². The van der Waals surface area contributed by atoms with Crippen LogP contribution in [-0.4, -0.2) is 19.0 Å². The zero-order valence-electron chi connectivity index (χ0n) is 14.0. The van der Waals surface area contributed by atoms with Gasteiger partial charge in [0, 0.05) is 5.56 Å². The molecule has 1 aromatic carbocycles. The van der Waals surface area contributed by atoms with Gasteiger partial charge in [-0.05, 0) is 35.7 Å². The number of esters is 1. The number of ether oxygens (including phenoxy) is 2. The molecule has 0 aliphatic rings. The Hall–Kier alpha value is -3.06. The Kier molecular flexibility index (Phi) is 5.70. The molecule has 1 atom stereocenters. The molecule has 1 amide bonds. The molecule has 1 N–H and O–H groups in total. The zero-order chi connectivity index (χ0) is 18.4. The molecule has 134 valence electrons. The van der Waals surface area contributed by atoms with Gasteiger partial charge in [0.25, 0.3) is 5.91 Å². The average Bonchev–Trinajstić information content (AvgIpc) is 3.38. The summed E-state index contributed by atoms with van der Waals surface area (Å²) in [4.78, 5) is 25.4. The first-order valence-corrected chi connectivity index (χ1v) is 8.74. The summed E-state index contributed by atoms with van der Waals surface area (Å²) in [5.74, 6) is 0.273. The highest BCUT2D eigenvalue weighted by molar-refractivity contribution is 7.11. The van der Waals surface area contributed by atoms with Gasteiger partial charge in [-0.2, -0.15) is 0 Å². The third kappa shape index (κ3) is 4.31. The molecule has 0 bridgehead atoms. The second-order valence-corrected chi connectivity index (χ2v) is 6.28. The zero-order valence-corrected chi connectivity index (χ0v) is 14.8. The summed E-state index contributed by atoms with van der Waals surface area (Å²) in [5, 5.41) is 4.50. The van der Waals surface area contributed by atoms with Crippen LogP contribution < -0.4 is 10.1 Å². The summed E-state index contributed by atoms with van der Waals surface area (Å²) >= 11 is 1.26. The van der Waals surface area contributed by atoms with E-state index in [1.807, 2.05) is 0 Å². The van der Waals surface area contributed by atoms with E-state index in [-0.39, 0.29) is 6.54 Å². The molecule has 0 fully saturated rings. The highest BCUT2D eigenvalue weighted by Gasteiger charge is 2.26. The van der Waals surface area contributed by atoms with Gasteiger partial charge in [0.05, 0.1) is 19.9 Å². The van der Waals surface area contributed by atoms with Gasteiger partial charge in [0.15, 0.2) is 0 Å². The number of furan rings is 1. The second kappa shape index (κ2) is 8.35. The average molecular weight is 371 g/mol. The molecule has 0 saturated heterocycles. The first-order chi connectivity index (χ1) is 12.7. The van der Waals surface area contributed by atoms with Crippen LogP contribution >= 0.6 is 11.3 Å². The van der Waals surface area contributed by atoms with Crippen molar-refractivity contribution in [2.45, 2.75) is 12.6 Å². The minimum absolute atomic E-state index is 0.203. The molecule has 3 rings (SSSR count). The second-order valence-electron chi connectivity index (χ2n) is 5.33. The summed E-state index contributed by atoms with van der Waals surface area (Å²) < 4.78 is 15.8. The van der Waals surface area contributed by atoms with Crippen LogP contribution in [0.1, 0.15) is 27.1 Å². The number of rotatable bonds is 7. The summed E-state index contributed by atoms with van der Waals surface area (Å²) in [6, 6.07) is 13.7. The van der Waals surface area contributed by atoms with Crippen molar-refractivity contribution >= 4 is 23.2 Å². The van der Waals surface area contributed by atoms with Crippen LogP contribution in [0.4, 0.5) is 0 Å². The van der Waals surface area contributed by atoms with E-state index in [1.54, 1.807) is 61.0 Å². The molecular weight excluding hydrogens is 354 g/mol. The third-order valence-corrected chi connectivity index (χ3v) is 4.47. The van der Waals surface area contributed by atoms with Crippen molar-refractivity contribution in [1.29, 1.82) is 0 Å². The van der Waals surface area contributed by atoms with Crippen molar-refractivity contribution < 1.29 is 23.5 Å². The maximum Gasteiger partial charge on any atom is 0.349 e. The van der Waals surface area contributed by atoms with Crippen molar-refractivity contribution in [1.82, 2.24) is 5.32 Å². The molecule has 0 aliphatic heterocycles. The Labute approximate surface area is 154 Å². The van der Waals surface area contributed by atoms with Gasteiger partial charge in [-0.3, -0.25) is 4.79 Å². The lowest BCUT2D eigenvalue weighted by atomic mass is 10.1. The van der Waals surface area contributed by atoms with Crippen molar-refractivity contribution in [3.05, 3.63) is 76.4 Å². The Bertz CT molecular complexity index is 841. The van der Waals surface area contributed by atoms with Crippen LogP contribution in [0.3, 0.4) is 0 Å². The minimum Gasteiger partial charge on any atom is -0.497 e. The number of methoxy groups -OCH3 is 1. The fourth-order valence-electron chi connectivity index (χ4n) is 2.29. The van der Waals surface area contributed by atoms with Crippen LogP contribution in [0.2, 0.25) is 0 Å². The largest absolute Gasteiger partial charge is 0.497 e. The summed E-state index contributed by atoms with van der Waals surface area (Å²) in [7, 11) is 1.55. The van der Waals surface area contributed by atoms with Gasteiger partial charge >= 0.3 is 5.97 Å². The van der Waals surface area contributed by atoms with Gasteiger partial charge in [-0.25, -0.2) is 4.79 Å². The van der Waals surface area contributed by atoms with Gasteiger partial charge in [0.1, 0.15) is 16.4 Å². The highest BCUT2D eigenvalue weighted by atomic mass is 32.1. The molecule has 0 aliphatic carbocycles. The molecule has 3 aromatic rings. The molecule has 0 spiro atoms. The molecule has 26 heavy (non-hydrogen) atoms. The summed E-state index contributed by atoms with van der Waals surface area (Å²) in [6.07, 6.45) is 0.449. The summed E-state index contributed by atoms with van der Waals surface area (Å²) in [5.41, 5.74) is 0.549. The lowest BCUT2D eigenvalue weighted by Crippen LogP contribution is -2.31. The van der Waals surface area contributed by atoms with Crippen molar-refractivity contribution in [3.63, 3.8) is 0 Å².